The second-order valence-electron chi connectivity index (χ2n) is 2.53. The Kier molecular flexibility index (Phi) is 3.61. The van der Waals surface area contributed by atoms with Crippen molar-refractivity contribution in [1.29, 1.82) is 0 Å². The zero-order chi connectivity index (χ0) is 11.3. The molecular weight excluding hydrogens is 200 g/mol. The summed E-state index contributed by atoms with van der Waals surface area (Å²) in [7, 11) is 2.61. The first kappa shape index (κ1) is 11.0. The van der Waals surface area contributed by atoms with Crippen LogP contribution in [0.2, 0.25) is 0 Å². The molecule has 0 fully saturated rings. The maximum Gasteiger partial charge on any atom is 0.396 e. The minimum atomic E-state index is -0.953. The van der Waals surface area contributed by atoms with Crippen molar-refractivity contribution < 1.29 is 19.1 Å². The Morgan fingerprint density at radius 1 is 1.33 bits per heavy atom. The summed E-state index contributed by atoms with van der Waals surface area (Å²) in [5.74, 6) is -1.37. The molecule has 1 aromatic heterocycles. The van der Waals surface area contributed by atoms with Crippen molar-refractivity contribution in [3.8, 4) is 5.88 Å². The van der Waals surface area contributed by atoms with E-state index in [9.17, 15) is 9.59 Å². The summed E-state index contributed by atoms with van der Waals surface area (Å²) in [6.07, 6.45) is 1.37. The Hall–Kier alpha value is -2.11. The van der Waals surface area contributed by atoms with Gasteiger partial charge in [0.2, 0.25) is 5.88 Å². The average Bonchev–Trinajstić information content (AvgIpc) is 2.29. The van der Waals surface area contributed by atoms with Gasteiger partial charge in [0.25, 0.3) is 0 Å². The summed E-state index contributed by atoms with van der Waals surface area (Å²) in [5.41, 5.74) is 0.395. The first-order valence-electron chi connectivity index (χ1n) is 4.06. The van der Waals surface area contributed by atoms with Crippen LogP contribution >= 0.6 is 0 Å². The van der Waals surface area contributed by atoms with Gasteiger partial charge in [-0.15, -0.1) is 0 Å². The second-order valence-corrected chi connectivity index (χ2v) is 2.53. The lowest BCUT2D eigenvalue weighted by Crippen LogP contribution is -2.23. The first-order chi connectivity index (χ1) is 7.17. The van der Waals surface area contributed by atoms with Crippen LogP contribution in [0.15, 0.2) is 18.3 Å². The SMILES string of the molecule is COC(=O)C(=O)Nc1ccc(OC)nc1. The fraction of sp³-hybridized carbons (Fsp3) is 0.222. The number of amides is 1. The van der Waals surface area contributed by atoms with E-state index in [1.807, 2.05) is 0 Å². The van der Waals surface area contributed by atoms with E-state index < -0.39 is 11.9 Å². The molecule has 1 amide bonds. The third-order valence-corrected chi connectivity index (χ3v) is 1.57. The van der Waals surface area contributed by atoms with Crippen LogP contribution in [0.5, 0.6) is 5.88 Å². The lowest BCUT2D eigenvalue weighted by Gasteiger charge is -2.03. The number of aromatic nitrogens is 1. The lowest BCUT2D eigenvalue weighted by atomic mass is 10.4. The van der Waals surface area contributed by atoms with Crippen LogP contribution in [0.4, 0.5) is 5.69 Å². The molecule has 0 aliphatic carbocycles. The second kappa shape index (κ2) is 4.94. The molecule has 0 saturated heterocycles. The normalized spacial score (nSPS) is 9.20. The molecule has 6 nitrogen and oxygen atoms in total. The molecule has 15 heavy (non-hydrogen) atoms. The zero-order valence-electron chi connectivity index (χ0n) is 8.31. The van der Waals surface area contributed by atoms with Crippen LogP contribution in [0.1, 0.15) is 0 Å². The molecule has 0 spiro atoms. The summed E-state index contributed by atoms with van der Waals surface area (Å²) >= 11 is 0. The Balaban J connectivity index is 2.65. The standard InChI is InChI=1S/C9H10N2O4/c1-14-7-4-3-6(5-10-7)11-8(12)9(13)15-2/h3-5H,1-2H3,(H,11,12). The highest BCUT2D eigenvalue weighted by molar-refractivity contribution is 6.37. The van der Waals surface area contributed by atoms with E-state index in [1.54, 1.807) is 12.1 Å². The van der Waals surface area contributed by atoms with Crippen LogP contribution in [-0.4, -0.2) is 31.1 Å². The Morgan fingerprint density at radius 3 is 2.53 bits per heavy atom. The van der Waals surface area contributed by atoms with Crippen molar-refractivity contribution in [2.24, 2.45) is 0 Å². The summed E-state index contributed by atoms with van der Waals surface area (Å²) in [6, 6.07) is 3.12. The molecule has 0 bridgehead atoms. The number of rotatable bonds is 2. The van der Waals surface area contributed by atoms with Crippen molar-refractivity contribution in [1.82, 2.24) is 4.98 Å². The molecule has 0 aliphatic heterocycles. The van der Waals surface area contributed by atoms with Crippen LogP contribution in [0.3, 0.4) is 0 Å². The topological polar surface area (TPSA) is 77.5 Å². The zero-order valence-corrected chi connectivity index (χ0v) is 8.31. The van der Waals surface area contributed by atoms with E-state index in [2.05, 4.69) is 15.0 Å². The van der Waals surface area contributed by atoms with Gasteiger partial charge < -0.3 is 14.8 Å². The van der Waals surface area contributed by atoms with Crippen molar-refractivity contribution in [3.05, 3.63) is 18.3 Å². The number of ether oxygens (including phenoxy) is 2. The van der Waals surface area contributed by atoms with Gasteiger partial charge in [-0.05, 0) is 6.07 Å². The number of esters is 1. The van der Waals surface area contributed by atoms with E-state index in [-0.39, 0.29) is 0 Å². The van der Waals surface area contributed by atoms with E-state index >= 15 is 0 Å². The molecule has 0 radical (unpaired) electrons. The molecule has 1 heterocycles. The number of carbonyl (C=O) groups is 2. The van der Waals surface area contributed by atoms with Gasteiger partial charge in [-0.2, -0.15) is 0 Å². The predicted molar refractivity (Wildman–Crippen MR) is 51.4 cm³/mol. The van der Waals surface area contributed by atoms with Crippen molar-refractivity contribution in [2.75, 3.05) is 19.5 Å². The van der Waals surface area contributed by atoms with Crippen LogP contribution in [0, 0.1) is 0 Å². The lowest BCUT2D eigenvalue weighted by molar-refractivity contribution is -0.150. The molecular formula is C9H10N2O4. The van der Waals surface area contributed by atoms with E-state index in [1.165, 1.54) is 13.3 Å². The van der Waals surface area contributed by atoms with Crippen molar-refractivity contribution in [3.63, 3.8) is 0 Å². The predicted octanol–water partition coefficient (Wildman–Crippen LogP) is 0.202. The van der Waals surface area contributed by atoms with Gasteiger partial charge in [0.15, 0.2) is 0 Å². The average molecular weight is 210 g/mol. The molecule has 1 N–H and O–H groups in total. The summed E-state index contributed by atoms with van der Waals surface area (Å²) in [4.78, 5) is 25.7. The Labute approximate surface area is 86.2 Å². The molecule has 0 saturated carbocycles. The van der Waals surface area contributed by atoms with Crippen LogP contribution in [-0.2, 0) is 14.3 Å². The van der Waals surface area contributed by atoms with Crippen molar-refractivity contribution >= 4 is 17.6 Å². The minimum Gasteiger partial charge on any atom is -0.481 e. The Morgan fingerprint density at radius 2 is 2.07 bits per heavy atom. The van der Waals surface area contributed by atoms with Gasteiger partial charge in [0, 0.05) is 6.07 Å². The van der Waals surface area contributed by atoms with Gasteiger partial charge in [-0.3, -0.25) is 4.79 Å². The molecule has 1 rings (SSSR count). The largest absolute Gasteiger partial charge is 0.481 e. The fourth-order valence-corrected chi connectivity index (χ4v) is 0.850. The number of carbonyl (C=O) groups excluding carboxylic acids is 2. The maximum atomic E-state index is 11.1. The molecule has 0 aliphatic rings. The molecule has 0 aromatic carbocycles. The third-order valence-electron chi connectivity index (χ3n) is 1.57. The smallest absolute Gasteiger partial charge is 0.396 e. The highest BCUT2D eigenvalue weighted by Crippen LogP contribution is 2.10. The van der Waals surface area contributed by atoms with Crippen LogP contribution in [0.25, 0.3) is 0 Å². The molecule has 1 aromatic rings. The monoisotopic (exact) mass is 210 g/mol. The maximum absolute atomic E-state index is 11.1. The summed E-state index contributed by atoms with van der Waals surface area (Å²) in [6.45, 7) is 0. The number of nitrogens with zero attached hydrogens (tertiary/aromatic N) is 1. The van der Waals surface area contributed by atoms with Gasteiger partial charge >= 0.3 is 11.9 Å². The third kappa shape index (κ3) is 2.94. The number of nitrogens with one attached hydrogen (secondary N) is 1. The van der Waals surface area contributed by atoms with Gasteiger partial charge in [0.1, 0.15) is 0 Å². The van der Waals surface area contributed by atoms with E-state index in [0.717, 1.165) is 7.11 Å². The van der Waals surface area contributed by atoms with E-state index in [0.29, 0.717) is 11.6 Å². The molecule has 0 atom stereocenters. The molecule has 80 valence electrons. The number of anilines is 1. The fourth-order valence-electron chi connectivity index (χ4n) is 0.850. The summed E-state index contributed by atoms with van der Waals surface area (Å²) < 4.78 is 9.06. The number of hydrogen-bond acceptors (Lipinski definition) is 5. The molecule has 0 unspecified atom stereocenters. The quantitative estimate of drug-likeness (QED) is 0.557. The number of pyridine rings is 1. The first-order valence-corrected chi connectivity index (χ1v) is 4.06. The van der Waals surface area contributed by atoms with Gasteiger partial charge in [-0.25, -0.2) is 9.78 Å². The number of methoxy groups -OCH3 is 2. The highest BCUT2D eigenvalue weighted by atomic mass is 16.5. The minimum absolute atomic E-state index is 0.395. The van der Waals surface area contributed by atoms with Gasteiger partial charge in [0.05, 0.1) is 26.1 Å². The van der Waals surface area contributed by atoms with Crippen molar-refractivity contribution in [2.45, 2.75) is 0 Å². The summed E-state index contributed by atoms with van der Waals surface area (Å²) in [5, 5.41) is 2.31. The van der Waals surface area contributed by atoms with E-state index in [4.69, 9.17) is 4.74 Å². The highest BCUT2D eigenvalue weighted by Gasteiger charge is 2.13. The Bertz CT molecular complexity index is 361. The molecule has 6 heteroatoms. The number of hydrogen-bond donors (Lipinski definition) is 1. The van der Waals surface area contributed by atoms with Gasteiger partial charge in [-0.1, -0.05) is 0 Å². The van der Waals surface area contributed by atoms with Crippen LogP contribution < -0.4 is 10.1 Å².